The van der Waals surface area contributed by atoms with Crippen LogP contribution in [0.2, 0.25) is 0 Å². The lowest BCUT2D eigenvalue weighted by molar-refractivity contribution is 0.288. The number of halogens is 1. The van der Waals surface area contributed by atoms with E-state index in [0.717, 1.165) is 18.8 Å². The number of nitriles is 1. The maximum Gasteiger partial charge on any atom is 0.196 e. The molecule has 1 nitrogen and oxygen atoms in total. The van der Waals surface area contributed by atoms with Gasteiger partial charge in [-0.3, -0.25) is 0 Å². The first kappa shape index (κ1) is 19.7. The van der Waals surface area contributed by atoms with Crippen molar-refractivity contribution in [2.75, 3.05) is 0 Å². The Labute approximate surface area is 152 Å². The van der Waals surface area contributed by atoms with Crippen molar-refractivity contribution in [3.8, 4) is 6.07 Å². The minimum atomic E-state index is -0.607. The molecule has 25 heavy (non-hydrogen) atoms. The maximum atomic E-state index is 13.0. The lowest BCUT2D eigenvalue weighted by Crippen LogP contribution is -2.13. The van der Waals surface area contributed by atoms with E-state index in [-0.39, 0.29) is 5.92 Å². The van der Waals surface area contributed by atoms with E-state index >= 15 is 0 Å². The Balaban J connectivity index is 1.60. The number of hydrogen-bond donors (Lipinski definition) is 0. The Morgan fingerprint density at radius 3 is 2.20 bits per heavy atom. The maximum absolute atomic E-state index is 13.0. The summed E-state index contributed by atoms with van der Waals surface area (Å²) in [5, 5.41) is 8.51. The molecule has 0 amide bonds. The zero-order valence-corrected chi connectivity index (χ0v) is 15.6. The highest BCUT2D eigenvalue weighted by Crippen LogP contribution is 2.33. The lowest BCUT2D eigenvalue weighted by Gasteiger charge is -2.26. The van der Waals surface area contributed by atoms with E-state index in [0.29, 0.717) is 0 Å². The SMILES string of the molecule is CCCCc1ccc(CCCC[C@H]2CC[C@H](C=C(F)C#N)CC2)cc1. The van der Waals surface area contributed by atoms with Crippen molar-refractivity contribution < 1.29 is 4.39 Å². The first-order valence-corrected chi connectivity index (χ1v) is 10.1. The van der Waals surface area contributed by atoms with E-state index in [1.54, 1.807) is 6.07 Å². The van der Waals surface area contributed by atoms with Gasteiger partial charge < -0.3 is 0 Å². The summed E-state index contributed by atoms with van der Waals surface area (Å²) >= 11 is 0. The van der Waals surface area contributed by atoms with Gasteiger partial charge in [-0.25, -0.2) is 0 Å². The molecule has 1 aliphatic carbocycles. The van der Waals surface area contributed by atoms with Crippen LogP contribution < -0.4 is 0 Å². The van der Waals surface area contributed by atoms with Crippen LogP contribution in [0.4, 0.5) is 4.39 Å². The Bertz CT molecular complexity index is 559. The van der Waals surface area contributed by atoms with Crippen molar-refractivity contribution in [3.63, 3.8) is 0 Å². The van der Waals surface area contributed by atoms with Gasteiger partial charge in [0, 0.05) is 0 Å². The number of allylic oxidation sites excluding steroid dienone is 2. The minimum Gasteiger partial charge on any atom is -0.195 e. The monoisotopic (exact) mass is 341 g/mol. The van der Waals surface area contributed by atoms with E-state index in [1.165, 1.54) is 75.0 Å². The van der Waals surface area contributed by atoms with Crippen LogP contribution >= 0.6 is 0 Å². The standard InChI is InChI=1S/C23H32FN/c1-2-3-6-19-9-11-20(12-10-19)7-4-5-8-21-13-15-22(16-14-21)17-23(24)18-25/h9-12,17,21-22H,2-8,13-16H2,1H3/t21-,22-. The van der Waals surface area contributed by atoms with Crippen LogP contribution in [0.15, 0.2) is 36.2 Å². The van der Waals surface area contributed by atoms with Crippen LogP contribution in [0.1, 0.15) is 75.8 Å². The van der Waals surface area contributed by atoms with Crippen LogP contribution in [0.25, 0.3) is 0 Å². The third-order valence-corrected chi connectivity index (χ3v) is 5.55. The second-order valence-electron chi connectivity index (χ2n) is 7.57. The van der Waals surface area contributed by atoms with Crippen molar-refractivity contribution in [2.45, 2.75) is 77.6 Å². The predicted molar refractivity (Wildman–Crippen MR) is 103 cm³/mol. The van der Waals surface area contributed by atoms with Crippen molar-refractivity contribution in [2.24, 2.45) is 11.8 Å². The largest absolute Gasteiger partial charge is 0.196 e. The van der Waals surface area contributed by atoms with Crippen LogP contribution in [-0.4, -0.2) is 0 Å². The number of unbranched alkanes of at least 4 members (excludes halogenated alkanes) is 2. The highest BCUT2D eigenvalue weighted by molar-refractivity contribution is 5.22. The molecule has 0 saturated heterocycles. The molecule has 0 spiro atoms. The molecule has 1 aromatic rings. The van der Waals surface area contributed by atoms with Gasteiger partial charge in [-0.1, -0.05) is 50.5 Å². The fourth-order valence-corrected chi connectivity index (χ4v) is 3.90. The first-order chi connectivity index (χ1) is 12.2. The van der Waals surface area contributed by atoms with Crippen LogP contribution in [0.5, 0.6) is 0 Å². The molecule has 0 radical (unpaired) electrons. The Hall–Kier alpha value is -1.62. The number of benzene rings is 1. The second-order valence-corrected chi connectivity index (χ2v) is 7.57. The van der Waals surface area contributed by atoms with Gasteiger partial charge in [0.05, 0.1) is 0 Å². The fourth-order valence-electron chi connectivity index (χ4n) is 3.90. The third kappa shape index (κ3) is 7.43. The molecule has 2 heteroatoms. The van der Waals surface area contributed by atoms with E-state index in [9.17, 15) is 4.39 Å². The molecule has 0 atom stereocenters. The van der Waals surface area contributed by atoms with Gasteiger partial charge in [0.1, 0.15) is 6.07 Å². The summed E-state index contributed by atoms with van der Waals surface area (Å²) in [5.41, 5.74) is 2.92. The zero-order chi connectivity index (χ0) is 17.9. The van der Waals surface area contributed by atoms with E-state index in [4.69, 9.17) is 5.26 Å². The summed E-state index contributed by atoms with van der Waals surface area (Å²) in [6.07, 6.45) is 14.7. The normalized spacial score (nSPS) is 21.1. The third-order valence-electron chi connectivity index (χ3n) is 5.55. The summed E-state index contributed by atoms with van der Waals surface area (Å²) in [5.74, 6) is 0.470. The summed E-state index contributed by atoms with van der Waals surface area (Å²) in [6.45, 7) is 2.24. The van der Waals surface area contributed by atoms with Gasteiger partial charge in [-0.2, -0.15) is 9.65 Å². The molecular weight excluding hydrogens is 309 g/mol. The number of nitrogens with zero attached hydrogens (tertiary/aromatic N) is 1. The Kier molecular flexibility index (Phi) is 8.73. The fraction of sp³-hybridized carbons (Fsp3) is 0.609. The molecule has 1 fully saturated rings. The van der Waals surface area contributed by atoms with Crippen molar-refractivity contribution in [3.05, 3.63) is 47.3 Å². The number of aryl methyl sites for hydroxylation is 2. The molecular formula is C23H32FN. The summed E-state index contributed by atoms with van der Waals surface area (Å²) < 4.78 is 13.0. The molecule has 0 heterocycles. The van der Waals surface area contributed by atoms with Gasteiger partial charge in [0.25, 0.3) is 0 Å². The molecule has 0 bridgehead atoms. The summed E-state index contributed by atoms with van der Waals surface area (Å²) in [4.78, 5) is 0. The summed E-state index contributed by atoms with van der Waals surface area (Å²) in [6, 6.07) is 10.8. The minimum absolute atomic E-state index is 0.280. The van der Waals surface area contributed by atoms with Crippen molar-refractivity contribution in [1.82, 2.24) is 0 Å². The smallest absolute Gasteiger partial charge is 0.195 e. The molecule has 1 saturated carbocycles. The van der Waals surface area contributed by atoms with Gasteiger partial charge in [0.2, 0.25) is 0 Å². The lowest BCUT2D eigenvalue weighted by atomic mass is 9.79. The Morgan fingerprint density at radius 2 is 1.64 bits per heavy atom. The Morgan fingerprint density at radius 1 is 1.04 bits per heavy atom. The molecule has 0 unspecified atom stereocenters. The summed E-state index contributed by atoms with van der Waals surface area (Å²) in [7, 11) is 0. The first-order valence-electron chi connectivity index (χ1n) is 10.1. The van der Waals surface area contributed by atoms with Crippen LogP contribution in [0.3, 0.4) is 0 Å². The van der Waals surface area contributed by atoms with Gasteiger partial charge in [0.15, 0.2) is 5.83 Å². The molecule has 1 aliphatic rings. The van der Waals surface area contributed by atoms with Crippen LogP contribution in [-0.2, 0) is 12.8 Å². The van der Waals surface area contributed by atoms with Crippen LogP contribution in [0, 0.1) is 23.2 Å². The number of hydrogen-bond acceptors (Lipinski definition) is 1. The van der Waals surface area contributed by atoms with Gasteiger partial charge in [-0.15, -0.1) is 0 Å². The van der Waals surface area contributed by atoms with Crippen molar-refractivity contribution in [1.29, 1.82) is 5.26 Å². The highest BCUT2D eigenvalue weighted by atomic mass is 19.1. The molecule has 0 aromatic heterocycles. The van der Waals surface area contributed by atoms with Crippen molar-refractivity contribution >= 4 is 0 Å². The van der Waals surface area contributed by atoms with E-state index in [2.05, 4.69) is 31.2 Å². The topological polar surface area (TPSA) is 23.8 Å². The highest BCUT2D eigenvalue weighted by Gasteiger charge is 2.20. The zero-order valence-electron chi connectivity index (χ0n) is 15.6. The molecule has 2 rings (SSSR count). The quantitative estimate of drug-likeness (QED) is 0.353. The van der Waals surface area contributed by atoms with Gasteiger partial charge >= 0.3 is 0 Å². The number of rotatable bonds is 9. The molecule has 0 N–H and O–H groups in total. The van der Waals surface area contributed by atoms with E-state index < -0.39 is 5.83 Å². The second kappa shape index (κ2) is 11.1. The molecule has 1 aromatic carbocycles. The average molecular weight is 342 g/mol. The molecule has 136 valence electrons. The average Bonchev–Trinajstić information content (AvgIpc) is 2.65. The predicted octanol–water partition coefficient (Wildman–Crippen LogP) is 6.93. The van der Waals surface area contributed by atoms with Gasteiger partial charge in [-0.05, 0) is 80.4 Å². The van der Waals surface area contributed by atoms with E-state index in [1.807, 2.05) is 0 Å². The molecule has 0 aliphatic heterocycles.